The first-order valence-corrected chi connectivity index (χ1v) is 3.25. The van der Waals surface area contributed by atoms with Crippen molar-refractivity contribution in [3.63, 3.8) is 0 Å². The lowest BCUT2D eigenvalue weighted by Gasteiger charge is -1.83. The molecule has 0 aliphatic carbocycles. The van der Waals surface area contributed by atoms with Gasteiger partial charge in [0.2, 0.25) is 0 Å². The Kier molecular flexibility index (Phi) is 4.32. The van der Waals surface area contributed by atoms with E-state index in [9.17, 15) is 4.39 Å². The highest BCUT2D eigenvalue weighted by Crippen LogP contribution is 2.04. The van der Waals surface area contributed by atoms with Crippen molar-refractivity contribution in [2.45, 2.75) is 6.92 Å². The molecule has 0 amide bonds. The van der Waals surface area contributed by atoms with Crippen LogP contribution in [0.3, 0.4) is 0 Å². The number of halogens is 2. The van der Waals surface area contributed by atoms with E-state index in [0.29, 0.717) is 11.9 Å². The third-order valence-corrected chi connectivity index (χ3v) is 0.964. The fourth-order valence-corrected chi connectivity index (χ4v) is 0.390. The molecule has 9 heavy (non-hydrogen) atoms. The lowest BCUT2D eigenvalue weighted by Crippen LogP contribution is -1.63. The van der Waals surface area contributed by atoms with Crippen LogP contribution in [0.25, 0.3) is 0 Å². The van der Waals surface area contributed by atoms with Crippen LogP contribution < -0.4 is 0 Å². The summed E-state index contributed by atoms with van der Waals surface area (Å²) in [5.41, 5.74) is 0.579. The molecule has 0 saturated carbocycles. The molecule has 0 aromatic heterocycles. The fraction of sp³-hybridized carbons (Fsp3) is 0.143. The molecule has 0 saturated heterocycles. The second-order valence-electron chi connectivity index (χ2n) is 1.63. The van der Waals surface area contributed by atoms with Crippen LogP contribution >= 0.6 is 15.9 Å². The quantitative estimate of drug-likeness (QED) is 0.587. The Morgan fingerprint density at radius 2 is 2.11 bits per heavy atom. The maximum Gasteiger partial charge on any atom is 0.0896 e. The van der Waals surface area contributed by atoms with Crippen LogP contribution in [0.5, 0.6) is 0 Å². The molecule has 0 aromatic carbocycles. The Morgan fingerprint density at radius 1 is 1.56 bits per heavy atom. The van der Waals surface area contributed by atoms with Gasteiger partial charge < -0.3 is 0 Å². The molecule has 2 heteroatoms. The van der Waals surface area contributed by atoms with E-state index in [1.165, 1.54) is 0 Å². The topological polar surface area (TPSA) is 0 Å². The van der Waals surface area contributed by atoms with Gasteiger partial charge in [-0.15, -0.1) is 0 Å². The maximum atomic E-state index is 11.6. The summed E-state index contributed by atoms with van der Waals surface area (Å²) in [7, 11) is 0. The van der Waals surface area contributed by atoms with E-state index < -0.39 is 0 Å². The molecule has 0 bridgehead atoms. The van der Waals surface area contributed by atoms with E-state index in [-0.39, 0.29) is 0 Å². The van der Waals surface area contributed by atoms with Crippen LogP contribution in [0.15, 0.2) is 35.1 Å². The normalized spacial score (nSPS) is 12.6. The average Bonchev–Trinajstić information content (AvgIpc) is 1.83. The van der Waals surface area contributed by atoms with Gasteiger partial charge in [0.25, 0.3) is 0 Å². The summed E-state index contributed by atoms with van der Waals surface area (Å²) < 4.78 is 12.3. The van der Waals surface area contributed by atoms with Gasteiger partial charge in [0, 0.05) is 4.48 Å². The highest BCUT2D eigenvalue weighted by atomic mass is 79.9. The molecule has 0 nitrogen and oxygen atoms in total. The minimum absolute atomic E-state index is 0.548. The van der Waals surface area contributed by atoms with Crippen LogP contribution in [-0.4, -0.2) is 0 Å². The van der Waals surface area contributed by atoms with Gasteiger partial charge in [-0.25, -0.2) is 4.39 Å². The second-order valence-corrected chi connectivity index (χ2v) is 2.65. The summed E-state index contributed by atoms with van der Waals surface area (Å²) in [4.78, 5) is 0. The van der Waals surface area contributed by atoms with Crippen molar-refractivity contribution in [1.29, 1.82) is 0 Å². The summed E-state index contributed by atoms with van der Waals surface area (Å²) >= 11 is 3.10. The summed E-state index contributed by atoms with van der Waals surface area (Å²) in [6.07, 6.45) is 3.87. The van der Waals surface area contributed by atoms with Crippen molar-refractivity contribution in [3.05, 3.63) is 35.1 Å². The van der Waals surface area contributed by atoms with Crippen molar-refractivity contribution in [2.75, 3.05) is 0 Å². The zero-order chi connectivity index (χ0) is 7.28. The van der Waals surface area contributed by atoms with Crippen molar-refractivity contribution < 1.29 is 4.39 Å². The van der Waals surface area contributed by atoms with Crippen molar-refractivity contribution in [3.8, 4) is 0 Å². The Morgan fingerprint density at radius 3 is 2.44 bits per heavy atom. The first-order valence-electron chi connectivity index (χ1n) is 2.46. The molecule has 0 aliphatic heterocycles. The Balaban J connectivity index is 3.86. The van der Waals surface area contributed by atoms with Gasteiger partial charge in [-0.05, 0) is 18.6 Å². The molecule has 0 aliphatic rings. The van der Waals surface area contributed by atoms with E-state index in [0.717, 1.165) is 4.48 Å². The first kappa shape index (κ1) is 8.63. The van der Waals surface area contributed by atoms with Crippen LogP contribution in [0.1, 0.15) is 6.92 Å². The van der Waals surface area contributed by atoms with Crippen LogP contribution in [0, 0.1) is 0 Å². The lowest BCUT2D eigenvalue weighted by molar-refractivity contribution is 0.713. The Bertz CT molecular complexity index is 156. The second kappa shape index (κ2) is 4.50. The van der Waals surface area contributed by atoms with Gasteiger partial charge in [-0.1, -0.05) is 28.6 Å². The summed E-state index contributed by atoms with van der Waals surface area (Å²) in [6, 6.07) is 0. The first-order chi connectivity index (χ1) is 4.16. The summed E-state index contributed by atoms with van der Waals surface area (Å²) in [5.74, 6) is 0. The molecule has 0 aromatic rings. The standard InChI is InChI=1S/C7H8BrF/c1-6(5-9)3-4-7(2)8/h3-5H,2H2,1H3/b4-3-,6-5+. The number of hydrogen-bond acceptors (Lipinski definition) is 0. The van der Waals surface area contributed by atoms with E-state index in [4.69, 9.17) is 0 Å². The van der Waals surface area contributed by atoms with Crippen LogP contribution in [0.2, 0.25) is 0 Å². The van der Waals surface area contributed by atoms with Gasteiger partial charge >= 0.3 is 0 Å². The minimum Gasteiger partial charge on any atom is -0.215 e. The maximum absolute atomic E-state index is 11.6. The average molecular weight is 191 g/mol. The zero-order valence-corrected chi connectivity index (χ0v) is 6.78. The van der Waals surface area contributed by atoms with E-state index in [1.54, 1.807) is 19.1 Å². The van der Waals surface area contributed by atoms with Crippen LogP contribution in [-0.2, 0) is 0 Å². The molecule has 0 spiro atoms. The minimum atomic E-state index is 0.548. The zero-order valence-electron chi connectivity index (χ0n) is 5.20. The van der Waals surface area contributed by atoms with Crippen LogP contribution in [0.4, 0.5) is 4.39 Å². The smallest absolute Gasteiger partial charge is 0.0896 e. The molecule has 0 N–H and O–H groups in total. The lowest BCUT2D eigenvalue weighted by atomic mass is 10.3. The van der Waals surface area contributed by atoms with Crippen molar-refractivity contribution >= 4 is 15.9 Å². The van der Waals surface area contributed by atoms with Gasteiger partial charge in [-0.3, -0.25) is 0 Å². The molecule has 0 unspecified atom stereocenters. The van der Waals surface area contributed by atoms with Gasteiger partial charge in [0.05, 0.1) is 6.33 Å². The van der Waals surface area contributed by atoms with E-state index in [1.807, 2.05) is 0 Å². The summed E-state index contributed by atoms with van der Waals surface area (Å²) in [6.45, 7) is 5.21. The Labute approximate surface area is 62.9 Å². The third-order valence-electron chi connectivity index (χ3n) is 0.699. The molecular formula is C7H8BrF. The fourth-order valence-electron chi connectivity index (χ4n) is 0.258. The monoisotopic (exact) mass is 190 g/mol. The molecule has 0 fully saturated rings. The van der Waals surface area contributed by atoms with E-state index >= 15 is 0 Å². The van der Waals surface area contributed by atoms with Crippen molar-refractivity contribution in [1.82, 2.24) is 0 Å². The van der Waals surface area contributed by atoms with Gasteiger partial charge in [0.15, 0.2) is 0 Å². The van der Waals surface area contributed by atoms with E-state index in [2.05, 4.69) is 22.5 Å². The number of rotatable bonds is 2. The highest BCUT2D eigenvalue weighted by molar-refractivity contribution is 9.11. The molecule has 0 rings (SSSR count). The number of hydrogen-bond donors (Lipinski definition) is 0. The summed E-state index contributed by atoms with van der Waals surface area (Å²) in [5, 5.41) is 0. The highest BCUT2D eigenvalue weighted by Gasteiger charge is 1.79. The molecular weight excluding hydrogens is 183 g/mol. The molecule has 0 atom stereocenters. The SMILES string of the molecule is C=C(Br)/C=C\C(C)=C\F. The third kappa shape index (κ3) is 5.50. The van der Waals surface area contributed by atoms with Gasteiger partial charge in [-0.2, -0.15) is 0 Å². The molecule has 50 valence electrons. The molecule has 0 radical (unpaired) electrons. The van der Waals surface area contributed by atoms with Gasteiger partial charge in [0.1, 0.15) is 0 Å². The Hall–Kier alpha value is -0.370. The predicted molar refractivity (Wildman–Crippen MR) is 42.1 cm³/mol. The predicted octanol–water partition coefficient (Wildman–Crippen LogP) is 3.32. The number of allylic oxidation sites excluding steroid dienone is 4. The largest absolute Gasteiger partial charge is 0.215 e. The van der Waals surface area contributed by atoms with Crippen molar-refractivity contribution in [2.24, 2.45) is 0 Å². The molecule has 0 heterocycles.